The topological polar surface area (TPSA) is 115 Å². The summed E-state index contributed by atoms with van der Waals surface area (Å²) in [6, 6.07) is 5.12. The lowest BCUT2D eigenvalue weighted by atomic mass is 10.2. The number of hydrogen-bond donors (Lipinski definition) is 2. The summed E-state index contributed by atoms with van der Waals surface area (Å²) in [5, 5.41) is 2.63. The maximum atomic E-state index is 13.1. The summed E-state index contributed by atoms with van der Waals surface area (Å²) >= 11 is 0. The second-order valence-corrected chi connectivity index (χ2v) is 6.74. The Hall–Kier alpha value is -3.76. The maximum absolute atomic E-state index is 13.1. The molecule has 11 heteroatoms. The van der Waals surface area contributed by atoms with Crippen LogP contribution in [0.1, 0.15) is 29.2 Å². The number of ether oxygens (including phenoxy) is 2. The third kappa shape index (κ3) is 3.00. The van der Waals surface area contributed by atoms with Gasteiger partial charge in [0.05, 0.1) is 10.9 Å². The zero-order valence-electron chi connectivity index (χ0n) is 14.6. The van der Waals surface area contributed by atoms with E-state index in [2.05, 4.69) is 24.8 Å². The number of halogens is 2. The van der Waals surface area contributed by atoms with Gasteiger partial charge in [0.1, 0.15) is 5.65 Å². The standard InChI is InChI=1S/C18H12F2N4O5/c19-18(20)28-12-4-1-9(6-13(12)29-18)22-15(25)8-5-11-14(21-7-8)24(10-2-3-10)17(27)23-16(11)26/h1,4-7,10H,2-3H2,(H,22,25)(H,23,26,27). The number of hydrogen-bond acceptors (Lipinski definition) is 6. The summed E-state index contributed by atoms with van der Waals surface area (Å²) in [4.78, 5) is 43.1. The zero-order valence-corrected chi connectivity index (χ0v) is 14.6. The molecule has 2 N–H and O–H groups in total. The number of carbonyl (C=O) groups is 1. The number of anilines is 1. The van der Waals surface area contributed by atoms with E-state index in [0.717, 1.165) is 12.8 Å². The molecule has 0 saturated heterocycles. The number of alkyl halides is 2. The highest BCUT2D eigenvalue weighted by atomic mass is 19.3. The second kappa shape index (κ2) is 5.87. The van der Waals surface area contributed by atoms with E-state index < -0.39 is 23.5 Å². The zero-order chi connectivity index (χ0) is 20.3. The lowest BCUT2D eigenvalue weighted by Crippen LogP contribution is -2.30. The molecule has 3 heterocycles. The van der Waals surface area contributed by atoms with Crippen LogP contribution in [-0.2, 0) is 0 Å². The van der Waals surface area contributed by atoms with E-state index in [0.29, 0.717) is 0 Å². The molecule has 0 unspecified atom stereocenters. The van der Waals surface area contributed by atoms with Crippen molar-refractivity contribution in [3.63, 3.8) is 0 Å². The minimum Gasteiger partial charge on any atom is -0.395 e. The van der Waals surface area contributed by atoms with Gasteiger partial charge in [-0.3, -0.25) is 19.1 Å². The summed E-state index contributed by atoms with van der Waals surface area (Å²) < 4.78 is 36.3. The molecular weight excluding hydrogens is 390 g/mol. The summed E-state index contributed by atoms with van der Waals surface area (Å²) in [6.45, 7) is 0. The van der Waals surface area contributed by atoms with Crippen LogP contribution in [0.15, 0.2) is 40.1 Å². The van der Waals surface area contributed by atoms with Gasteiger partial charge in [-0.15, -0.1) is 8.78 Å². The van der Waals surface area contributed by atoms with Gasteiger partial charge in [0.25, 0.3) is 11.5 Å². The Morgan fingerprint density at radius 2 is 1.97 bits per heavy atom. The van der Waals surface area contributed by atoms with Crippen molar-refractivity contribution in [2.45, 2.75) is 25.2 Å². The maximum Gasteiger partial charge on any atom is 0.586 e. The van der Waals surface area contributed by atoms with Crippen molar-refractivity contribution >= 4 is 22.6 Å². The van der Waals surface area contributed by atoms with Crippen LogP contribution in [0.25, 0.3) is 11.0 Å². The van der Waals surface area contributed by atoms with E-state index in [1.165, 1.54) is 35.0 Å². The van der Waals surface area contributed by atoms with Crippen LogP contribution in [0.2, 0.25) is 0 Å². The van der Waals surface area contributed by atoms with E-state index in [9.17, 15) is 23.2 Å². The predicted octanol–water partition coefficient (Wildman–Crippen LogP) is 1.99. The number of pyridine rings is 1. The molecule has 0 spiro atoms. The summed E-state index contributed by atoms with van der Waals surface area (Å²) in [7, 11) is 0. The van der Waals surface area contributed by atoms with Gasteiger partial charge >= 0.3 is 12.0 Å². The third-order valence-corrected chi connectivity index (χ3v) is 4.61. The largest absolute Gasteiger partial charge is 0.586 e. The fourth-order valence-electron chi connectivity index (χ4n) is 3.16. The number of nitrogens with zero attached hydrogens (tertiary/aromatic N) is 2. The van der Waals surface area contributed by atoms with E-state index in [1.54, 1.807) is 0 Å². The molecule has 1 amide bonds. The Morgan fingerprint density at radius 1 is 1.21 bits per heavy atom. The van der Waals surface area contributed by atoms with Crippen molar-refractivity contribution < 1.29 is 23.0 Å². The van der Waals surface area contributed by atoms with Gasteiger partial charge in [0, 0.05) is 24.0 Å². The summed E-state index contributed by atoms with van der Waals surface area (Å²) in [5.74, 6) is -0.979. The first-order valence-electron chi connectivity index (χ1n) is 8.66. The molecule has 1 aliphatic heterocycles. The number of carbonyl (C=O) groups excluding carboxylic acids is 1. The van der Waals surface area contributed by atoms with Crippen molar-refractivity contribution in [2.24, 2.45) is 0 Å². The molecular formula is C18H12F2N4O5. The van der Waals surface area contributed by atoms with E-state index in [-0.39, 0.29) is 39.8 Å². The Labute approximate surface area is 159 Å². The Kier molecular flexibility index (Phi) is 3.51. The first-order chi connectivity index (χ1) is 13.8. The fourth-order valence-corrected chi connectivity index (χ4v) is 3.16. The van der Waals surface area contributed by atoms with Gasteiger partial charge in [-0.25, -0.2) is 9.78 Å². The number of nitrogens with one attached hydrogen (secondary N) is 2. The number of amides is 1. The van der Waals surface area contributed by atoms with Gasteiger partial charge in [-0.1, -0.05) is 0 Å². The van der Waals surface area contributed by atoms with Crippen molar-refractivity contribution in [1.29, 1.82) is 0 Å². The molecule has 1 aromatic carbocycles. The number of fused-ring (bicyclic) bond motifs is 2. The smallest absolute Gasteiger partial charge is 0.395 e. The summed E-state index contributed by atoms with van der Waals surface area (Å²) in [5.41, 5.74) is -0.719. The van der Waals surface area contributed by atoms with Crippen LogP contribution in [0.4, 0.5) is 14.5 Å². The fraction of sp³-hybridized carbons (Fsp3) is 0.222. The van der Waals surface area contributed by atoms with Gasteiger partial charge in [0.15, 0.2) is 11.5 Å². The molecule has 1 aliphatic carbocycles. The van der Waals surface area contributed by atoms with Crippen LogP contribution in [0, 0.1) is 0 Å². The molecule has 2 aromatic heterocycles. The normalized spacial score (nSPS) is 16.8. The second-order valence-electron chi connectivity index (χ2n) is 6.74. The average molecular weight is 402 g/mol. The van der Waals surface area contributed by atoms with Gasteiger partial charge < -0.3 is 14.8 Å². The molecule has 2 aliphatic rings. The van der Waals surface area contributed by atoms with Crippen LogP contribution in [0.3, 0.4) is 0 Å². The molecule has 9 nitrogen and oxygen atoms in total. The molecule has 5 rings (SSSR count). The van der Waals surface area contributed by atoms with E-state index >= 15 is 0 Å². The monoisotopic (exact) mass is 402 g/mol. The third-order valence-electron chi connectivity index (χ3n) is 4.61. The Bertz CT molecular complexity index is 1300. The first-order valence-corrected chi connectivity index (χ1v) is 8.66. The van der Waals surface area contributed by atoms with Crippen LogP contribution < -0.4 is 26.0 Å². The molecule has 29 heavy (non-hydrogen) atoms. The quantitative estimate of drug-likeness (QED) is 0.692. The number of H-pyrrole nitrogens is 1. The number of aromatic nitrogens is 3. The Balaban J connectivity index is 1.47. The minimum absolute atomic E-state index is 0.0132. The molecule has 0 bridgehead atoms. The van der Waals surface area contributed by atoms with E-state index in [1.807, 2.05) is 0 Å². The van der Waals surface area contributed by atoms with E-state index in [4.69, 9.17) is 0 Å². The number of benzene rings is 1. The SMILES string of the molecule is O=C(Nc1ccc2c(c1)OC(F)(F)O2)c1cnc2c(c1)c(=O)[nH]c(=O)n2C1CC1. The molecule has 0 atom stereocenters. The van der Waals surface area contributed by atoms with Crippen molar-refractivity contribution in [3.8, 4) is 11.5 Å². The minimum atomic E-state index is -3.76. The highest BCUT2D eigenvalue weighted by Gasteiger charge is 2.43. The van der Waals surface area contributed by atoms with Crippen LogP contribution in [0.5, 0.6) is 11.5 Å². The van der Waals surface area contributed by atoms with Gasteiger partial charge in [0.2, 0.25) is 0 Å². The van der Waals surface area contributed by atoms with Crippen molar-refractivity contribution in [1.82, 2.24) is 14.5 Å². The Morgan fingerprint density at radius 3 is 2.72 bits per heavy atom. The van der Waals surface area contributed by atoms with Crippen molar-refractivity contribution in [2.75, 3.05) is 5.32 Å². The lowest BCUT2D eigenvalue weighted by molar-refractivity contribution is -0.286. The number of aromatic amines is 1. The van der Waals surface area contributed by atoms with Gasteiger partial charge in [-0.2, -0.15) is 0 Å². The van der Waals surface area contributed by atoms with Crippen molar-refractivity contribution in [3.05, 3.63) is 56.9 Å². The number of rotatable bonds is 3. The lowest BCUT2D eigenvalue weighted by Gasteiger charge is -2.09. The highest BCUT2D eigenvalue weighted by Crippen LogP contribution is 2.42. The molecule has 148 valence electrons. The molecule has 3 aromatic rings. The molecule has 1 fully saturated rings. The molecule has 0 radical (unpaired) electrons. The highest BCUT2D eigenvalue weighted by molar-refractivity contribution is 6.05. The first kappa shape index (κ1) is 17.3. The van der Waals surface area contributed by atoms with Gasteiger partial charge in [-0.05, 0) is 31.0 Å². The van der Waals surface area contributed by atoms with Crippen LogP contribution in [-0.4, -0.2) is 26.7 Å². The average Bonchev–Trinajstić information content (AvgIpc) is 3.43. The van der Waals surface area contributed by atoms with Crippen LogP contribution >= 0.6 is 0 Å². The predicted molar refractivity (Wildman–Crippen MR) is 95.5 cm³/mol. The summed E-state index contributed by atoms with van der Waals surface area (Å²) in [6.07, 6.45) is -0.885. The molecule has 1 saturated carbocycles.